The van der Waals surface area contributed by atoms with E-state index < -0.39 is 5.41 Å². The van der Waals surface area contributed by atoms with E-state index in [9.17, 15) is 9.59 Å². The second-order valence-electron chi connectivity index (χ2n) is 6.10. The molecule has 2 aliphatic heterocycles. The number of aromatic nitrogens is 2. The molecule has 0 bridgehead atoms. The van der Waals surface area contributed by atoms with Crippen molar-refractivity contribution in [3.8, 4) is 0 Å². The lowest BCUT2D eigenvalue weighted by atomic mass is 9.75. The first-order valence-electron chi connectivity index (χ1n) is 7.44. The van der Waals surface area contributed by atoms with E-state index >= 15 is 0 Å². The van der Waals surface area contributed by atoms with Crippen molar-refractivity contribution in [1.82, 2.24) is 9.97 Å². The molecule has 0 radical (unpaired) electrons. The molecular formula is C16H17N3O3. The Morgan fingerprint density at radius 1 is 1.27 bits per heavy atom. The zero-order valence-corrected chi connectivity index (χ0v) is 12.6. The van der Waals surface area contributed by atoms with Gasteiger partial charge in [0.05, 0.1) is 16.3 Å². The van der Waals surface area contributed by atoms with Crippen LogP contribution in [0.25, 0.3) is 10.9 Å². The van der Waals surface area contributed by atoms with E-state index in [1.165, 1.54) is 0 Å². The normalized spacial score (nSPS) is 19.9. The Hall–Kier alpha value is -2.21. The number of benzene rings is 1. The summed E-state index contributed by atoms with van der Waals surface area (Å²) < 4.78 is 5.44. The number of carbonyl (C=O) groups excluding carboxylic acids is 1. The van der Waals surface area contributed by atoms with Crippen molar-refractivity contribution in [1.29, 1.82) is 0 Å². The number of hydrogen-bond acceptors (Lipinski definition) is 4. The number of nitrogens with zero attached hydrogens (tertiary/aromatic N) is 2. The fourth-order valence-corrected chi connectivity index (χ4v) is 3.70. The second kappa shape index (κ2) is 4.39. The van der Waals surface area contributed by atoms with Gasteiger partial charge < -0.3 is 14.6 Å². The zero-order chi connectivity index (χ0) is 15.5. The maximum atomic E-state index is 12.8. The molecule has 6 nitrogen and oxygen atoms in total. The number of rotatable bonds is 0. The number of likely N-dealkylation sites (N-methyl/N-ethyl adjacent to an activating group) is 1. The van der Waals surface area contributed by atoms with Gasteiger partial charge in [-0.15, -0.1) is 0 Å². The average molecular weight is 299 g/mol. The molecule has 1 aromatic heterocycles. The van der Waals surface area contributed by atoms with Crippen LogP contribution in [0.5, 0.6) is 0 Å². The van der Waals surface area contributed by atoms with Gasteiger partial charge in [0.2, 0.25) is 5.91 Å². The molecule has 0 unspecified atom stereocenters. The summed E-state index contributed by atoms with van der Waals surface area (Å²) in [6, 6.07) is 3.71. The number of hydrogen-bond donors (Lipinski definition) is 1. The summed E-state index contributed by atoms with van der Waals surface area (Å²) in [7, 11) is 1.77. The number of aromatic amines is 1. The van der Waals surface area contributed by atoms with Crippen molar-refractivity contribution in [3.05, 3.63) is 33.9 Å². The lowest BCUT2D eigenvalue weighted by Crippen LogP contribution is -2.42. The van der Waals surface area contributed by atoms with Crippen LogP contribution in [0.15, 0.2) is 16.9 Å². The summed E-state index contributed by atoms with van der Waals surface area (Å²) in [5, 5.41) is 0.521. The van der Waals surface area contributed by atoms with E-state index in [2.05, 4.69) is 9.97 Å². The summed E-state index contributed by atoms with van der Waals surface area (Å²) >= 11 is 0. The predicted molar refractivity (Wildman–Crippen MR) is 82.2 cm³/mol. The van der Waals surface area contributed by atoms with Crippen LogP contribution in [0.3, 0.4) is 0 Å². The van der Waals surface area contributed by atoms with Crippen LogP contribution in [0.4, 0.5) is 5.69 Å². The molecule has 1 saturated heterocycles. The van der Waals surface area contributed by atoms with Gasteiger partial charge in [0.25, 0.3) is 5.56 Å². The van der Waals surface area contributed by atoms with Crippen molar-refractivity contribution < 1.29 is 9.53 Å². The van der Waals surface area contributed by atoms with Crippen LogP contribution in [-0.2, 0) is 14.9 Å². The molecule has 2 aromatic rings. The fraction of sp³-hybridized carbons (Fsp3) is 0.438. The van der Waals surface area contributed by atoms with Gasteiger partial charge in [0.15, 0.2) is 0 Å². The molecule has 0 aliphatic carbocycles. The SMILES string of the molecule is Cc1nc2cc3c(cc2c(=O)[nH]1)N(C)C(=O)C31CCOCC1. The molecular weight excluding hydrogens is 282 g/mol. The summed E-state index contributed by atoms with van der Waals surface area (Å²) in [6.45, 7) is 2.92. The zero-order valence-electron chi connectivity index (χ0n) is 12.6. The quantitative estimate of drug-likeness (QED) is 0.794. The van der Waals surface area contributed by atoms with E-state index in [0.717, 1.165) is 11.3 Å². The third kappa shape index (κ3) is 1.61. The summed E-state index contributed by atoms with van der Waals surface area (Å²) in [4.78, 5) is 33.8. The average Bonchev–Trinajstić information content (AvgIpc) is 2.69. The number of nitrogens with one attached hydrogen (secondary N) is 1. The Balaban J connectivity index is 2.03. The maximum absolute atomic E-state index is 12.8. The van der Waals surface area contributed by atoms with Gasteiger partial charge in [-0.1, -0.05) is 0 Å². The van der Waals surface area contributed by atoms with Gasteiger partial charge in [-0.3, -0.25) is 9.59 Å². The molecule has 2 aliphatic rings. The first-order valence-corrected chi connectivity index (χ1v) is 7.44. The van der Waals surface area contributed by atoms with Crippen LogP contribution in [0.2, 0.25) is 0 Å². The van der Waals surface area contributed by atoms with Crippen LogP contribution >= 0.6 is 0 Å². The minimum Gasteiger partial charge on any atom is -0.381 e. The maximum Gasteiger partial charge on any atom is 0.258 e. The Morgan fingerprint density at radius 2 is 2.00 bits per heavy atom. The number of fused-ring (bicyclic) bond motifs is 3. The van der Waals surface area contributed by atoms with Gasteiger partial charge in [0, 0.05) is 25.9 Å². The van der Waals surface area contributed by atoms with Crippen molar-refractivity contribution in [2.24, 2.45) is 0 Å². The molecule has 6 heteroatoms. The Bertz CT molecular complexity index is 850. The van der Waals surface area contributed by atoms with E-state index in [4.69, 9.17) is 4.74 Å². The van der Waals surface area contributed by atoms with Gasteiger partial charge in [-0.05, 0) is 37.5 Å². The van der Waals surface area contributed by atoms with E-state index in [1.807, 2.05) is 6.07 Å². The topological polar surface area (TPSA) is 75.3 Å². The highest BCUT2D eigenvalue weighted by atomic mass is 16.5. The third-order valence-corrected chi connectivity index (χ3v) is 4.88. The molecule has 3 heterocycles. The molecule has 1 aromatic carbocycles. The van der Waals surface area contributed by atoms with Crippen molar-refractivity contribution in [2.45, 2.75) is 25.2 Å². The fourth-order valence-electron chi connectivity index (χ4n) is 3.70. The molecule has 1 fully saturated rings. The standard InChI is InChI=1S/C16H17N3O3/c1-9-17-12-8-11-13(7-10(12)14(20)18-9)19(2)15(21)16(11)3-5-22-6-4-16/h7-8H,3-6H2,1-2H3,(H,17,18,20). The largest absolute Gasteiger partial charge is 0.381 e. The number of H-pyrrole nitrogens is 1. The first-order chi connectivity index (χ1) is 10.5. The van der Waals surface area contributed by atoms with E-state index in [0.29, 0.717) is 42.8 Å². The number of amides is 1. The van der Waals surface area contributed by atoms with Gasteiger partial charge in [0.1, 0.15) is 5.82 Å². The van der Waals surface area contributed by atoms with Gasteiger partial charge >= 0.3 is 0 Å². The minimum atomic E-state index is -0.519. The second-order valence-corrected chi connectivity index (χ2v) is 6.10. The molecule has 0 saturated carbocycles. The van der Waals surface area contributed by atoms with Gasteiger partial charge in [-0.2, -0.15) is 0 Å². The highest BCUT2D eigenvalue weighted by Gasteiger charge is 2.50. The molecule has 1 amide bonds. The number of anilines is 1. The van der Waals surface area contributed by atoms with Crippen LogP contribution in [0, 0.1) is 6.92 Å². The summed E-state index contributed by atoms with van der Waals surface area (Å²) in [5.41, 5.74) is 1.76. The van der Waals surface area contributed by atoms with Crippen molar-refractivity contribution in [3.63, 3.8) is 0 Å². The highest BCUT2D eigenvalue weighted by Crippen LogP contribution is 2.47. The number of aryl methyl sites for hydroxylation is 1. The summed E-state index contributed by atoms with van der Waals surface area (Å²) in [6.07, 6.45) is 1.35. The van der Waals surface area contributed by atoms with Crippen molar-refractivity contribution in [2.75, 3.05) is 25.2 Å². The van der Waals surface area contributed by atoms with Gasteiger partial charge in [-0.25, -0.2) is 4.98 Å². The smallest absolute Gasteiger partial charge is 0.258 e. The monoisotopic (exact) mass is 299 g/mol. The number of ether oxygens (including phenoxy) is 1. The molecule has 1 spiro atoms. The minimum absolute atomic E-state index is 0.0919. The highest BCUT2D eigenvalue weighted by molar-refractivity contribution is 6.09. The first kappa shape index (κ1) is 13.5. The third-order valence-electron chi connectivity index (χ3n) is 4.88. The molecule has 0 atom stereocenters. The van der Waals surface area contributed by atoms with Crippen LogP contribution < -0.4 is 10.5 Å². The molecule has 1 N–H and O–H groups in total. The molecule has 22 heavy (non-hydrogen) atoms. The summed E-state index contributed by atoms with van der Waals surface area (Å²) in [5.74, 6) is 0.672. The van der Waals surface area contributed by atoms with Crippen molar-refractivity contribution >= 4 is 22.5 Å². The Kier molecular flexibility index (Phi) is 2.69. The lowest BCUT2D eigenvalue weighted by Gasteiger charge is -2.32. The van der Waals surface area contributed by atoms with Crippen LogP contribution in [-0.4, -0.2) is 36.1 Å². The van der Waals surface area contributed by atoms with E-state index in [-0.39, 0.29) is 11.5 Å². The number of carbonyl (C=O) groups is 1. The Morgan fingerprint density at radius 3 is 2.73 bits per heavy atom. The molecule has 4 rings (SSSR count). The Labute approximate surface area is 127 Å². The predicted octanol–water partition coefficient (Wildman–Crippen LogP) is 1.26. The van der Waals surface area contributed by atoms with E-state index in [1.54, 1.807) is 24.9 Å². The lowest BCUT2D eigenvalue weighted by molar-refractivity contribution is -0.126. The molecule has 114 valence electrons. The van der Waals surface area contributed by atoms with Crippen LogP contribution in [0.1, 0.15) is 24.2 Å².